The van der Waals surface area contributed by atoms with Gasteiger partial charge in [0.1, 0.15) is 18.2 Å². The van der Waals surface area contributed by atoms with Crippen LogP contribution in [0.1, 0.15) is 5.82 Å². The molecular formula is C6H12Cl2N4O2. The Kier molecular flexibility index (Phi) is 7.34. The minimum absolute atomic E-state index is 0. The van der Waals surface area contributed by atoms with Gasteiger partial charge in [-0.2, -0.15) is 5.10 Å². The first-order valence-electron chi connectivity index (χ1n) is 3.42. The van der Waals surface area contributed by atoms with Crippen molar-refractivity contribution in [3.05, 3.63) is 12.2 Å². The molecule has 82 valence electrons. The molecule has 0 aliphatic heterocycles. The summed E-state index contributed by atoms with van der Waals surface area (Å²) in [6.07, 6.45) is 1.57. The average molecular weight is 243 g/mol. The summed E-state index contributed by atoms with van der Waals surface area (Å²) in [5, 5.41) is 12.3. The summed E-state index contributed by atoms with van der Waals surface area (Å²) in [6, 6.07) is -0.909. The summed E-state index contributed by atoms with van der Waals surface area (Å²) in [5.74, 6) is -0.456. The van der Waals surface area contributed by atoms with Crippen molar-refractivity contribution in [1.29, 1.82) is 0 Å². The maximum atomic E-state index is 10.4. The van der Waals surface area contributed by atoms with Gasteiger partial charge in [0, 0.05) is 13.5 Å². The highest BCUT2D eigenvalue weighted by Gasteiger charge is 2.14. The standard InChI is InChI=1S/C6H10N4O2.2ClH/c1-10-5(8-3-9-10)2-4(7)6(11)12;;/h3-4H,2,7H2,1H3,(H,11,12);2*1H. The van der Waals surface area contributed by atoms with Crippen molar-refractivity contribution in [2.24, 2.45) is 12.8 Å². The average Bonchev–Trinajstić information content (AvgIpc) is 2.36. The Hall–Kier alpha value is -0.850. The van der Waals surface area contributed by atoms with Gasteiger partial charge < -0.3 is 10.8 Å². The summed E-state index contributed by atoms with van der Waals surface area (Å²) < 4.78 is 1.50. The largest absolute Gasteiger partial charge is 0.480 e. The van der Waals surface area contributed by atoms with E-state index in [-0.39, 0.29) is 31.2 Å². The van der Waals surface area contributed by atoms with Gasteiger partial charge in [0.25, 0.3) is 0 Å². The molecule has 0 saturated carbocycles. The summed E-state index contributed by atoms with van der Waals surface area (Å²) in [4.78, 5) is 14.2. The molecule has 0 aromatic carbocycles. The molecule has 1 heterocycles. The second kappa shape index (κ2) is 6.58. The number of aliphatic carboxylic acids is 1. The summed E-state index contributed by atoms with van der Waals surface area (Å²) in [7, 11) is 1.69. The predicted molar refractivity (Wildman–Crippen MR) is 54.8 cm³/mol. The SMILES string of the molecule is Cl.Cl.Cn1ncnc1CC(N)C(=O)O. The molecule has 0 amide bonds. The number of carbonyl (C=O) groups is 1. The van der Waals surface area contributed by atoms with Gasteiger partial charge >= 0.3 is 5.97 Å². The van der Waals surface area contributed by atoms with Gasteiger partial charge in [0.15, 0.2) is 0 Å². The molecule has 1 rings (SSSR count). The zero-order valence-corrected chi connectivity index (χ0v) is 9.09. The number of carboxylic acid groups (broad SMARTS) is 1. The first-order chi connectivity index (χ1) is 5.61. The van der Waals surface area contributed by atoms with Crippen LogP contribution in [-0.2, 0) is 18.3 Å². The summed E-state index contributed by atoms with van der Waals surface area (Å²) in [5.41, 5.74) is 5.30. The highest BCUT2D eigenvalue weighted by Crippen LogP contribution is 1.95. The molecule has 1 aromatic heterocycles. The molecule has 6 nitrogen and oxygen atoms in total. The lowest BCUT2D eigenvalue weighted by molar-refractivity contribution is -0.138. The number of halogens is 2. The fraction of sp³-hybridized carbons (Fsp3) is 0.500. The van der Waals surface area contributed by atoms with Crippen LogP contribution < -0.4 is 5.73 Å². The Balaban J connectivity index is 0. The van der Waals surface area contributed by atoms with Crippen molar-refractivity contribution in [1.82, 2.24) is 14.8 Å². The third-order valence-electron chi connectivity index (χ3n) is 1.52. The number of hydrogen-bond donors (Lipinski definition) is 2. The molecule has 8 heteroatoms. The van der Waals surface area contributed by atoms with Crippen LogP contribution in [0.15, 0.2) is 6.33 Å². The quantitative estimate of drug-likeness (QED) is 0.754. The van der Waals surface area contributed by atoms with Crippen LogP contribution >= 0.6 is 24.8 Å². The van der Waals surface area contributed by atoms with E-state index in [4.69, 9.17) is 10.8 Å². The summed E-state index contributed by atoms with van der Waals surface area (Å²) >= 11 is 0. The van der Waals surface area contributed by atoms with Crippen LogP contribution in [-0.4, -0.2) is 31.9 Å². The van der Waals surface area contributed by atoms with Crippen LogP contribution in [0.2, 0.25) is 0 Å². The van der Waals surface area contributed by atoms with Crippen molar-refractivity contribution in [3.8, 4) is 0 Å². The van der Waals surface area contributed by atoms with Gasteiger partial charge in [-0.25, -0.2) is 4.98 Å². The van der Waals surface area contributed by atoms with Crippen LogP contribution in [0.3, 0.4) is 0 Å². The van der Waals surface area contributed by atoms with Gasteiger partial charge in [-0.15, -0.1) is 24.8 Å². The molecule has 1 unspecified atom stereocenters. The molecule has 0 spiro atoms. The maximum absolute atomic E-state index is 10.4. The third-order valence-corrected chi connectivity index (χ3v) is 1.52. The highest BCUT2D eigenvalue weighted by atomic mass is 35.5. The number of rotatable bonds is 3. The normalized spacial score (nSPS) is 11.0. The Morgan fingerprint density at radius 1 is 1.71 bits per heavy atom. The summed E-state index contributed by atoms with van der Waals surface area (Å²) in [6.45, 7) is 0. The molecule has 0 aliphatic carbocycles. The van der Waals surface area contributed by atoms with Gasteiger partial charge in [0.2, 0.25) is 0 Å². The van der Waals surface area contributed by atoms with Crippen LogP contribution in [0.5, 0.6) is 0 Å². The van der Waals surface area contributed by atoms with E-state index >= 15 is 0 Å². The molecule has 0 radical (unpaired) electrons. The van der Waals surface area contributed by atoms with E-state index in [9.17, 15) is 4.79 Å². The van der Waals surface area contributed by atoms with E-state index in [2.05, 4.69) is 10.1 Å². The van der Waals surface area contributed by atoms with Crippen molar-refractivity contribution in [2.75, 3.05) is 0 Å². The molecule has 1 aromatic rings. The number of aryl methyl sites for hydroxylation is 1. The van der Waals surface area contributed by atoms with Gasteiger partial charge in [-0.3, -0.25) is 9.48 Å². The fourth-order valence-corrected chi connectivity index (χ4v) is 0.789. The lowest BCUT2D eigenvalue weighted by Gasteiger charge is -2.04. The molecule has 0 saturated heterocycles. The van der Waals surface area contributed by atoms with E-state index in [1.54, 1.807) is 7.05 Å². The van der Waals surface area contributed by atoms with Crippen molar-refractivity contribution < 1.29 is 9.90 Å². The first-order valence-corrected chi connectivity index (χ1v) is 3.42. The van der Waals surface area contributed by atoms with Crippen LogP contribution in [0.25, 0.3) is 0 Å². The van der Waals surface area contributed by atoms with Gasteiger partial charge in [0.05, 0.1) is 0 Å². The Labute approximate surface area is 93.3 Å². The molecule has 3 N–H and O–H groups in total. The zero-order valence-electron chi connectivity index (χ0n) is 7.45. The molecule has 0 bridgehead atoms. The van der Waals surface area contributed by atoms with Crippen LogP contribution in [0.4, 0.5) is 0 Å². The van der Waals surface area contributed by atoms with E-state index in [1.807, 2.05) is 0 Å². The Bertz CT molecular complexity index is 291. The molecule has 0 aliphatic rings. The van der Waals surface area contributed by atoms with E-state index in [1.165, 1.54) is 11.0 Å². The van der Waals surface area contributed by atoms with E-state index in [0.29, 0.717) is 5.82 Å². The number of carboxylic acids is 1. The first kappa shape index (κ1) is 15.6. The lowest BCUT2D eigenvalue weighted by Crippen LogP contribution is -2.33. The minimum Gasteiger partial charge on any atom is -0.480 e. The van der Waals surface area contributed by atoms with Crippen molar-refractivity contribution in [2.45, 2.75) is 12.5 Å². The number of nitrogens with two attached hydrogens (primary N) is 1. The Morgan fingerprint density at radius 3 is 2.64 bits per heavy atom. The monoisotopic (exact) mass is 242 g/mol. The molecular weight excluding hydrogens is 231 g/mol. The van der Waals surface area contributed by atoms with Gasteiger partial charge in [-0.1, -0.05) is 0 Å². The highest BCUT2D eigenvalue weighted by molar-refractivity contribution is 5.85. The second-order valence-electron chi connectivity index (χ2n) is 2.45. The lowest BCUT2D eigenvalue weighted by atomic mass is 10.2. The number of nitrogens with zero attached hydrogens (tertiary/aromatic N) is 3. The number of aromatic nitrogens is 3. The Morgan fingerprint density at radius 2 is 2.29 bits per heavy atom. The molecule has 14 heavy (non-hydrogen) atoms. The van der Waals surface area contributed by atoms with Crippen LogP contribution in [0, 0.1) is 0 Å². The van der Waals surface area contributed by atoms with Gasteiger partial charge in [-0.05, 0) is 0 Å². The predicted octanol–water partition coefficient (Wildman–Crippen LogP) is -0.387. The molecule has 0 fully saturated rings. The molecule has 1 atom stereocenters. The van der Waals surface area contributed by atoms with E-state index < -0.39 is 12.0 Å². The number of hydrogen-bond acceptors (Lipinski definition) is 4. The smallest absolute Gasteiger partial charge is 0.320 e. The van der Waals surface area contributed by atoms with Crippen molar-refractivity contribution >= 4 is 30.8 Å². The van der Waals surface area contributed by atoms with E-state index in [0.717, 1.165) is 0 Å². The maximum Gasteiger partial charge on any atom is 0.320 e. The fourth-order valence-electron chi connectivity index (χ4n) is 0.789. The van der Waals surface area contributed by atoms with Crippen molar-refractivity contribution in [3.63, 3.8) is 0 Å². The third kappa shape index (κ3) is 3.91. The minimum atomic E-state index is -1.03. The topological polar surface area (TPSA) is 94.0 Å². The second-order valence-corrected chi connectivity index (χ2v) is 2.45. The zero-order chi connectivity index (χ0) is 9.14.